The summed E-state index contributed by atoms with van der Waals surface area (Å²) < 4.78 is 5.62. The number of nitrogens with one attached hydrogen (secondary N) is 2. The third-order valence-electron chi connectivity index (χ3n) is 6.09. The van der Waals surface area contributed by atoms with Crippen molar-refractivity contribution in [3.8, 4) is 0 Å². The van der Waals surface area contributed by atoms with Crippen molar-refractivity contribution in [1.29, 1.82) is 0 Å². The van der Waals surface area contributed by atoms with Crippen LogP contribution in [0.5, 0.6) is 0 Å². The number of rotatable bonds is 7. The van der Waals surface area contributed by atoms with Gasteiger partial charge in [-0.3, -0.25) is 4.90 Å². The Kier molecular flexibility index (Phi) is 6.80. The largest absolute Gasteiger partial charge is 0.381 e. The molecular formula is C24H31N3O2. The highest BCUT2D eigenvalue weighted by Gasteiger charge is 2.32. The number of para-hydroxylation sites is 1. The fourth-order valence-corrected chi connectivity index (χ4v) is 4.50. The van der Waals surface area contributed by atoms with Crippen molar-refractivity contribution < 1.29 is 9.53 Å². The second-order valence-electron chi connectivity index (χ2n) is 8.09. The predicted molar refractivity (Wildman–Crippen MR) is 116 cm³/mol. The Hall–Kier alpha value is -2.37. The van der Waals surface area contributed by atoms with Gasteiger partial charge in [-0.15, -0.1) is 0 Å². The molecule has 5 heteroatoms. The molecule has 2 N–H and O–H groups in total. The van der Waals surface area contributed by atoms with Gasteiger partial charge < -0.3 is 15.4 Å². The van der Waals surface area contributed by atoms with E-state index in [2.05, 4.69) is 33.7 Å². The molecule has 2 aromatic rings. The maximum atomic E-state index is 12.7. The van der Waals surface area contributed by atoms with Crippen LogP contribution in [0.4, 0.5) is 10.5 Å². The smallest absolute Gasteiger partial charge is 0.319 e. The van der Waals surface area contributed by atoms with Crippen LogP contribution in [-0.4, -0.2) is 49.8 Å². The van der Waals surface area contributed by atoms with Crippen LogP contribution in [0.1, 0.15) is 30.4 Å². The Morgan fingerprint density at radius 1 is 1.07 bits per heavy atom. The van der Waals surface area contributed by atoms with Crippen molar-refractivity contribution in [3.05, 3.63) is 65.7 Å². The second-order valence-corrected chi connectivity index (χ2v) is 8.09. The summed E-state index contributed by atoms with van der Waals surface area (Å²) in [7, 11) is 0. The Bertz CT molecular complexity index is 768. The van der Waals surface area contributed by atoms with Crippen LogP contribution >= 0.6 is 0 Å². The molecular weight excluding hydrogens is 362 g/mol. The first-order valence-corrected chi connectivity index (χ1v) is 10.8. The van der Waals surface area contributed by atoms with Gasteiger partial charge in [-0.2, -0.15) is 0 Å². The molecule has 5 nitrogen and oxygen atoms in total. The van der Waals surface area contributed by atoms with E-state index in [1.165, 1.54) is 18.4 Å². The third kappa shape index (κ3) is 5.37. The molecule has 2 aliphatic heterocycles. The van der Waals surface area contributed by atoms with E-state index in [4.69, 9.17) is 4.74 Å². The zero-order valence-corrected chi connectivity index (χ0v) is 17.0. The number of hydrogen-bond acceptors (Lipinski definition) is 3. The fraction of sp³-hybridized carbons (Fsp3) is 0.458. The van der Waals surface area contributed by atoms with Gasteiger partial charge in [-0.25, -0.2) is 4.79 Å². The predicted octanol–water partition coefficient (Wildman–Crippen LogP) is 3.90. The van der Waals surface area contributed by atoms with E-state index in [-0.39, 0.29) is 6.03 Å². The van der Waals surface area contributed by atoms with E-state index in [0.717, 1.165) is 50.4 Å². The average molecular weight is 394 g/mol. The van der Waals surface area contributed by atoms with Crippen LogP contribution in [0.2, 0.25) is 0 Å². The summed E-state index contributed by atoms with van der Waals surface area (Å²) in [5, 5.41) is 6.20. The van der Waals surface area contributed by atoms with E-state index in [9.17, 15) is 4.79 Å². The SMILES string of the molecule is O=C(NC[C@@H]([C@H]1CCOC1)N1CCCC1)Nc1ccccc1Cc1ccccc1. The minimum Gasteiger partial charge on any atom is -0.381 e. The molecule has 4 rings (SSSR count). The molecule has 0 aromatic heterocycles. The van der Waals surface area contributed by atoms with Crippen LogP contribution in [0, 0.1) is 5.92 Å². The normalized spacial score (nSPS) is 20.5. The summed E-state index contributed by atoms with van der Waals surface area (Å²) >= 11 is 0. The summed E-state index contributed by atoms with van der Waals surface area (Å²) in [6.45, 7) is 4.58. The standard InChI is InChI=1S/C24H31N3O2/c28-24(25-17-23(21-12-15-29-18-21)27-13-6-7-14-27)26-22-11-5-4-10-20(22)16-19-8-2-1-3-9-19/h1-5,8-11,21,23H,6-7,12-18H2,(H2,25,26,28)/t21-,23-/m0/s1. The molecule has 2 fully saturated rings. The van der Waals surface area contributed by atoms with Crippen LogP contribution in [0.15, 0.2) is 54.6 Å². The van der Waals surface area contributed by atoms with Crippen LogP contribution < -0.4 is 10.6 Å². The Balaban J connectivity index is 1.36. The zero-order valence-electron chi connectivity index (χ0n) is 17.0. The number of nitrogens with zero attached hydrogens (tertiary/aromatic N) is 1. The van der Waals surface area contributed by atoms with Gasteiger partial charge >= 0.3 is 6.03 Å². The van der Waals surface area contributed by atoms with Crippen molar-refractivity contribution in [1.82, 2.24) is 10.2 Å². The molecule has 0 spiro atoms. The number of ether oxygens (including phenoxy) is 1. The molecule has 154 valence electrons. The van der Waals surface area contributed by atoms with Crippen molar-refractivity contribution in [2.45, 2.75) is 31.7 Å². The lowest BCUT2D eigenvalue weighted by Gasteiger charge is -2.32. The van der Waals surface area contributed by atoms with Gasteiger partial charge in [0.05, 0.1) is 6.61 Å². The molecule has 2 atom stereocenters. The monoisotopic (exact) mass is 393 g/mol. The van der Waals surface area contributed by atoms with Gasteiger partial charge in [-0.05, 0) is 56.0 Å². The zero-order chi connectivity index (χ0) is 19.9. The van der Waals surface area contributed by atoms with Crippen molar-refractivity contribution in [3.63, 3.8) is 0 Å². The molecule has 2 aromatic carbocycles. The summed E-state index contributed by atoms with van der Waals surface area (Å²) in [6.07, 6.45) is 4.39. The highest BCUT2D eigenvalue weighted by molar-refractivity contribution is 5.90. The van der Waals surface area contributed by atoms with Crippen molar-refractivity contribution in [2.24, 2.45) is 5.92 Å². The number of amides is 2. The van der Waals surface area contributed by atoms with E-state index < -0.39 is 0 Å². The van der Waals surface area contributed by atoms with E-state index in [1.807, 2.05) is 36.4 Å². The number of carbonyl (C=O) groups excluding carboxylic acids is 1. The summed E-state index contributed by atoms with van der Waals surface area (Å²) in [4.78, 5) is 15.2. The Morgan fingerprint density at radius 2 is 1.83 bits per heavy atom. The lowest BCUT2D eigenvalue weighted by atomic mass is 9.97. The van der Waals surface area contributed by atoms with Crippen molar-refractivity contribution >= 4 is 11.7 Å². The molecule has 0 saturated carbocycles. The van der Waals surface area contributed by atoms with Crippen molar-refractivity contribution in [2.75, 3.05) is 38.2 Å². The third-order valence-corrected chi connectivity index (χ3v) is 6.09. The summed E-state index contributed by atoms with van der Waals surface area (Å²) in [5.74, 6) is 0.513. The summed E-state index contributed by atoms with van der Waals surface area (Å²) in [5.41, 5.74) is 3.22. The lowest BCUT2D eigenvalue weighted by molar-refractivity contribution is 0.135. The van der Waals surface area contributed by atoms with Gasteiger partial charge in [0.25, 0.3) is 0 Å². The number of carbonyl (C=O) groups is 1. The topological polar surface area (TPSA) is 53.6 Å². The van der Waals surface area contributed by atoms with E-state index in [1.54, 1.807) is 0 Å². The molecule has 2 saturated heterocycles. The number of hydrogen-bond donors (Lipinski definition) is 2. The molecule has 29 heavy (non-hydrogen) atoms. The quantitative estimate of drug-likeness (QED) is 0.750. The molecule has 0 radical (unpaired) electrons. The molecule has 2 aliphatic rings. The Morgan fingerprint density at radius 3 is 2.59 bits per heavy atom. The van der Waals surface area contributed by atoms with Gasteiger partial charge in [0.2, 0.25) is 0 Å². The number of urea groups is 1. The maximum absolute atomic E-state index is 12.7. The minimum atomic E-state index is -0.131. The maximum Gasteiger partial charge on any atom is 0.319 e. The van der Waals surface area contributed by atoms with Crippen LogP contribution in [-0.2, 0) is 11.2 Å². The van der Waals surface area contributed by atoms with Gasteiger partial charge in [-0.1, -0.05) is 48.5 Å². The average Bonchev–Trinajstić information content (AvgIpc) is 3.45. The van der Waals surface area contributed by atoms with Gasteiger partial charge in [0.15, 0.2) is 0 Å². The van der Waals surface area contributed by atoms with E-state index in [0.29, 0.717) is 18.5 Å². The summed E-state index contributed by atoms with van der Waals surface area (Å²) in [6, 6.07) is 18.6. The fourth-order valence-electron chi connectivity index (χ4n) is 4.50. The lowest BCUT2D eigenvalue weighted by Crippen LogP contribution is -2.48. The molecule has 0 bridgehead atoms. The van der Waals surface area contributed by atoms with Crippen LogP contribution in [0.3, 0.4) is 0 Å². The minimum absolute atomic E-state index is 0.131. The first-order valence-electron chi connectivity index (χ1n) is 10.8. The highest BCUT2D eigenvalue weighted by Crippen LogP contribution is 2.24. The van der Waals surface area contributed by atoms with Gasteiger partial charge in [0.1, 0.15) is 0 Å². The molecule has 0 aliphatic carbocycles. The first-order chi connectivity index (χ1) is 14.3. The number of likely N-dealkylation sites (tertiary alicyclic amines) is 1. The Labute approximate surface area is 173 Å². The van der Waals surface area contributed by atoms with Gasteiger partial charge in [0, 0.05) is 30.8 Å². The molecule has 2 amide bonds. The number of anilines is 1. The number of benzene rings is 2. The van der Waals surface area contributed by atoms with E-state index >= 15 is 0 Å². The first kappa shape index (κ1) is 19.9. The van der Waals surface area contributed by atoms with Crippen LogP contribution in [0.25, 0.3) is 0 Å². The second kappa shape index (κ2) is 9.90. The highest BCUT2D eigenvalue weighted by atomic mass is 16.5. The molecule has 2 heterocycles. The molecule has 0 unspecified atom stereocenters.